The van der Waals surface area contributed by atoms with E-state index in [1.165, 1.54) is 30.3 Å². The maximum atomic E-state index is 13.5. The number of carbonyl (C=O) groups excluding carboxylic acids is 1. The van der Waals surface area contributed by atoms with E-state index >= 15 is 0 Å². The molecule has 0 aliphatic heterocycles. The van der Waals surface area contributed by atoms with Crippen LogP contribution in [0.3, 0.4) is 0 Å². The van der Waals surface area contributed by atoms with Crippen LogP contribution < -0.4 is 10.6 Å². The summed E-state index contributed by atoms with van der Waals surface area (Å²) in [5, 5.41) is 25.0. The summed E-state index contributed by atoms with van der Waals surface area (Å²) in [5.41, 5.74) is -0.232. The van der Waals surface area contributed by atoms with E-state index < -0.39 is 16.6 Å². The van der Waals surface area contributed by atoms with Crippen LogP contribution in [0.1, 0.15) is 5.56 Å². The van der Waals surface area contributed by atoms with E-state index in [9.17, 15) is 19.3 Å². The molecule has 0 bridgehead atoms. The van der Waals surface area contributed by atoms with Crippen LogP contribution in [0.25, 0.3) is 0 Å². The van der Waals surface area contributed by atoms with Crippen molar-refractivity contribution in [1.82, 2.24) is 5.32 Å². The predicted molar refractivity (Wildman–Crippen MR) is 88.7 cm³/mol. The maximum Gasteiger partial charge on any atom is 0.292 e. The minimum atomic E-state index is -0.808. The van der Waals surface area contributed by atoms with Gasteiger partial charge in [-0.3, -0.25) is 14.9 Å². The van der Waals surface area contributed by atoms with Gasteiger partial charge in [0, 0.05) is 24.4 Å². The highest BCUT2D eigenvalue weighted by Crippen LogP contribution is 2.23. The molecule has 0 aromatic heterocycles. The van der Waals surface area contributed by atoms with E-state index in [1.807, 2.05) is 0 Å². The number of nitrogens with zero attached hydrogens (tertiary/aromatic N) is 2. The molecule has 0 heterocycles. The van der Waals surface area contributed by atoms with Crippen molar-refractivity contribution in [2.75, 3.05) is 5.32 Å². The molecule has 0 aliphatic rings. The number of benzene rings is 2. The number of nitrogens with one attached hydrogen (secondary N) is 2. The average Bonchev–Trinajstić information content (AvgIpc) is 2.60. The zero-order valence-corrected chi connectivity index (χ0v) is 12.9. The number of nitro benzene ring substituents is 1. The van der Waals surface area contributed by atoms with Gasteiger partial charge >= 0.3 is 0 Å². The first-order valence-electron chi connectivity index (χ1n) is 7.14. The lowest BCUT2D eigenvalue weighted by atomic mass is 10.2. The Balaban J connectivity index is 2.08. The largest absolute Gasteiger partial charge is 0.385 e. The van der Waals surface area contributed by atoms with E-state index in [1.54, 1.807) is 24.3 Å². The molecule has 0 unspecified atom stereocenters. The van der Waals surface area contributed by atoms with E-state index in [-0.39, 0.29) is 23.5 Å². The molecular weight excluding hydrogens is 327 g/mol. The van der Waals surface area contributed by atoms with Crippen molar-refractivity contribution < 1.29 is 14.1 Å². The Bertz CT molecular complexity index is 874. The van der Waals surface area contributed by atoms with Gasteiger partial charge in [-0.05, 0) is 12.1 Å². The number of carbonyl (C=O) groups is 1. The van der Waals surface area contributed by atoms with Gasteiger partial charge in [-0.15, -0.1) is 0 Å². The molecule has 25 heavy (non-hydrogen) atoms. The zero-order chi connectivity index (χ0) is 18.2. The minimum Gasteiger partial charge on any atom is -0.385 e. The van der Waals surface area contributed by atoms with Crippen LogP contribution in [0, 0.1) is 27.3 Å². The van der Waals surface area contributed by atoms with Crippen molar-refractivity contribution in [2.45, 2.75) is 6.54 Å². The van der Waals surface area contributed by atoms with Gasteiger partial charge in [0.1, 0.15) is 23.1 Å². The number of para-hydroxylation sites is 2. The Morgan fingerprint density at radius 2 is 1.92 bits per heavy atom. The van der Waals surface area contributed by atoms with E-state index in [0.29, 0.717) is 5.56 Å². The lowest BCUT2D eigenvalue weighted by molar-refractivity contribution is -0.383. The number of nitro groups is 1. The van der Waals surface area contributed by atoms with Crippen LogP contribution in [0.2, 0.25) is 0 Å². The molecule has 2 N–H and O–H groups in total. The zero-order valence-electron chi connectivity index (χ0n) is 12.9. The van der Waals surface area contributed by atoms with Crippen molar-refractivity contribution in [1.29, 1.82) is 5.26 Å². The van der Waals surface area contributed by atoms with Crippen molar-refractivity contribution in [3.05, 3.63) is 81.8 Å². The van der Waals surface area contributed by atoms with Crippen LogP contribution in [0.5, 0.6) is 0 Å². The quantitative estimate of drug-likeness (QED) is 0.364. The fourth-order valence-electron chi connectivity index (χ4n) is 1.98. The summed E-state index contributed by atoms with van der Waals surface area (Å²) in [7, 11) is 0. The SMILES string of the molecule is N#C/C(=C/NCc1ccccc1F)C(=O)Nc1ccccc1[N+](=O)[O-]. The highest BCUT2D eigenvalue weighted by Gasteiger charge is 2.17. The van der Waals surface area contributed by atoms with Gasteiger partial charge in [0.05, 0.1) is 4.92 Å². The van der Waals surface area contributed by atoms with Crippen LogP contribution in [-0.2, 0) is 11.3 Å². The van der Waals surface area contributed by atoms with Crippen LogP contribution in [0.4, 0.5) is 15.8 Å². The Labute approximate surface area is 142 Å². The second kappa shape index (κ2) is 8.21. The van der Waals surface area contributed by atoms with Crippen LogP contribution >= 0.6 is 0 Å². The van der Waals surface area contributed by atoms with E-state index in [2.05, 4.69) is 10.6 Å². The summed E-state index contributed by atoms with van der Waals surface area (Å²) in [6.45, 7) is 0.0800. The second-order valence-corrected chi connectivity index (χ2v) is 4.87. The van der Waals surface area contributed by atoms with Crippen molar-refractivity contribution in [3.8, 4) is 6.07 Å². The Morgan fingerprint density at radius 1 is 1.24 bits per heavy atom. The molecule has 0 fully saturated rings. The lowest BCUT2D eigenvalue weighted by Crippen LogP contribution is -2.17. The number of halogens is 1. The van der Waals surface area contributed by atoms with Gasteiger partial charge in [-0.2, -0.15) is 5.26 Å². The molecule has 2 aromatic rings. The third-order valence-corrected chi connectivity index (χ3v) is 3.21. The number of rotatable bonds is 6. The number of hydrogen-bond acceptors (Lipinski definition) is 5. The first-order chi connectivity index (χ1) is 12.0. The standard InChI is InChI=1S/C17H13FN4O3/c18-14-6-2-1-5-12(14)10-20-11-13(9-19)17(23)21-15-7-3-4-8-16(15)22(24)25/h1-8,11,20H,10H2,(H,21,23)/b13-11-. The number of hydrogen-bond donors (Lipinski definition) is 2. The molecule has 8 heteroatoms. The average molecular weight is 340 g/mol. The van der Waals surface area contributed by atoms with Gasteiger partial charge in [0.15, 0.2) is 0 Å². The molecule has 0 spiro atoms. The lowest BCUT2D eigenvalue weighted by Gasteiger charge is -2.06. The Morgan fingerprint density at radius 3 is 2.60 bits per heavy atom. The first-order valence-corrected chi connectivity index (χ1v) is 7.14. The molecule has 7 nitrogen and oxygen atoms in total. The van der Waals surface area contributed by atoms with Crippen molar-refractivity contribution in [2.24, 2.45) is 0 Å². The molecule has 0 saturated carbocycles. The molecule has 0 radical (unpaired) electrons. The molecule has 0 saturated heterocycles. The topological polar surface area (TPSA) is 108 Å². The fraction of sp³-hybridized carbons (Fsp3) is 0.0588. The van der Waals surface area contributed by atoms with Gasteiger partial charge < -0.3 is 10.6 Å². The van der Waals surface area contributed by atoms with Crippen LogP contribution in [0.15, 0.2) is 60.3 Å². The molecule has 1 amide bonds. The molecule has 126 valence electrons. The molecule has 0 atom stereocenters. The van der Waals surface area contributed by atoms with Crippen LogP contribution in [-0.4, -0.2) is 10.8 Å². The minimum absolute atomic E-state index is 0.0206. The Hall–Kier alpha value is -3.73. The van der Waals surface area contributed by atoms with Gasteiger partial charge in [0.25, 0.3) is 11.6 Å². The number of anilines is 1. The summed E-state index contributed by atoms with van der Waals surface area (Å²) in [4.78, 5) is 22.4. The third-order valence-electron chi connectivity index (χ3n) is 3.21. The first kappa shape index (κ1) is 17.6. The molecular formula is C17H13FN4O3. The number of amides is 1. The smallest absolute Gasteiger partial charge is 0.292 e. The van der Waals surface area contributed by atoms with Gasteiger partial charge in [-0.1, -0.05) is 30.3 Å². The van der Waals surface area contributed by atoms with E-state index in [4.69, 9.17) is 5.26 Å². The highest BCUT2D eigenvalue weighted by molar-refractivity contribution is 6.07. The second-order valence-electron chi connectivity index (χ2n) is 4.87. The Kier molecular flexibility index (Phi) is 5.79. The fourth-order valence-corrected chi connectivity index (χ4v) is 1.98. The molecule has 2 rings (SSSR count). The third kappa shape index (κ3) is 4.62. The summed E-state index contributed by atoms with van der Waals surface area (Å²) >= 11 is 0. The number of nitriles is 1. The monoisotopic (exact) mass is 340 g/mol. The van der Waals surface area contributed by atoms with Crippen molar-refractivity contribution in [3.63, 3.8) is 0 Å². The summed E-state index contributed by atoms with van der Waals surface area (Å²) in [6.07, 6.45) is 1.14. The summed E-state index contributed by atoms with van der Waals surface area (Å²) in [6, 6.07) is 13.4. The molecule has 0 aliphatic carbocycles. The predicted octanol–water partition coefficient (Wildman–Crippen LogP) is 2.87. The summed E-state index contributed by atoms with van der Waals surface area (Å²) in [5.74, 6) is -1.22. The summed E-state index contributed by atoms with van der Waals surface area (Å²) < 4.78 is 13.5. The van der Waals surface area contributed by atoms with Gasteiger partial charge in [0.2, 0.25) is 0 Å². The normalized spacial score (nSPS) is 10.6. The van der Waals surface area contributed by atoms with E-state index in [0.717, 1.165) is 6.20 Å². The highest BCUT2D eigenvalue weighted by atomic mass is 19.1. The molecule has 2 aromatic carbocycles. The van der Waals surface area contributed by atoms with Crippen molar-refractivity contribution >= 4 is 17.3 Å². The van der Waals surface area contributed by atoms with Gasteiger partial charge in [-0.25, -0.2) is 4.39 Å². The maximum absolute atomic E-state index is 13.5.